The third kappa shape index (κ3) is 2.87. The van der Waals surface area contributed by atoms with Gasteiger partial charge in [0.05, 0.1) is 11.0 Å². The number of halogens is 2. The van der Waals surface area contributed by atoms with Crippen molar-refractivity contribution in [3.05, 3.63) is 63.7 Å². The average molecular weight is 276 g/mol. The zero-order valence-electron chi connectivity index (χ0n) is 9.84. The second kappa shape index (κ2) is 5.32. The van der Waals surface area contributed by atoms with Gasteiger partial charge in [0.15, 0.2) is 0 Å². The summed E-state index contributed by atoms with van der Waals surface area (Å²) in [6.45, 7) is 0. The average Bonchev–Trinajstić information content (AvgIpc) is 2.37. The smallest absolute Gasteiger partial charge is 0.290 e. The molecule has 0 radical (unpaired) electrons. The minimum atomic E-state index is -0.830. The van der Waals surface area contributed by atoms with Crippen molar-refractivity contribution >= 4 is 5.69 Å². The monoisotopic (exact) mass is 276 g/mol. The third-order valence-electron chi connectivity index (χ3n) is 2.36. The van der Waals surface area contributed by atoms with Crippen LogP contribution in [-0.2, 0) is 0 Å². The SMILES string of the molecule is N#Cc1ccc(Oc2cc(F)cc(F)c2)cc1[N+](=O)[O-]. The summed E-state index contributed by atoms with van der Waals surface area (Å²) in [5, 5.41) is 19.5. The van der Waals surface area contributed by atoms with Crippen LogP contribution >= 0.6 is 0 Å². The first kappa shape index (κ1) is 13.4. The highest BCUT2D eigenvalue weighted by Gasteiger charge is 2.15. The predicted octanol–water partition coefficient (Wildman–Crippen LogP) is 3.54. The first-order valence-electron chi connectivity index (χ1n) is 5.32. The number of nitro benzene ring substituents is 1. The van der Waals surface area contributed by atoms with Crippen LogP contribution in [0.5, 0.6) is 11.5 Å². The minimum absolute atomic E-state index is 0.000648. The Labute approximate surface area is 111 Å². The van der Waals surface area contributed by atoms with Crippen LogP contribution in [0.1, 0.15) is 5.56 Å². The maximum Gasteiger partial charge on any atom is 0.290 e. The zero-order valence-corrected chi connectivity index (χ0v) is 9.84. The molecule has 0 amide bonds. The molecule has 2 aromatic rings. The van der Waals surface area contributed by atoms with Gasteiger partial charge in [0.1, 0.15) is 34.8 Å². The molecule has 0 atom stereocenters. The molecule has 0 aromatic heterocycles. The van der Waals surface area contributed by atoms with Crippen LogP contribution in [0.4, 0.5) is 14.5 Å². The van der Waals surface area contributed by atoms with Crippen LogP contribution in [-0.4, -0.2) is 4.92 Å². The van der Waals surface area contributed by atoms with Crippen LogP contribution in [0.3, 0.4) is 0 Å². The highest BCUT2D eigenvalue weighted by molar-refractivity contribution is 5.53. The number of rotatable bonds is 3. The number of nitrogens with zero attached hydrogens (tertiary/aromatic N) is 2. The lowest BCUT2D eigenvalue weighted by molar-refractivity contribution is -0.385. The van der Waals surface area contributed by atoms with Crippen molar-refractivity contribution in [3.63, 3.8) is 0 Å². The van der Waals surface area contributed by atoms with Crippen molar-refractivity contribution in [1.29, 1.82) is 5.26 Å². The summed E-state index contributed by atoms with van der Waals surface area (Å²) in [6, 6.07) is 7.73. The Bertz CT molecular complexity index is 706. The lowest BCUT2D eigenvalue weighted by Crippen LogP contribution is -1.94. The molecule has 0 spiro atoms. The van der Waals surface area contributed by atoms with E-state index in [2.05, 4.69) is 0 Å². The fourth-order valence-electron chi connectivity index (χ4n) is 1.54. The van der Waals surface area contributed by atoms with Crippen molar-refractivity contribution < 1.29 is 18.4 Å². The predicted molar refractivity (Wildman–Crippen MR) is 64.2 cm³/mol. The van der Waals surface area contributed by atoms with Crippen LogP contribution in [0.2, 0.25) is 0 Å². The molecule has 2 aromatic carbocycles. The van der Waals surface area contributed by atoms with Gasteiger partial charge in [0.25, 0.3) is 5.69 Å². The van der Waals surface area contributed by atoms with Crippen LogP contribution in [0.15, 0.2) is 36.4 Å². The Balaban J connectivity index is 2.37. The second-order valence-corrected chi connectivity index (χ2v) is 3.76. The fraction of sp³-hybridized carbons (Fsp3) is 0. The zero-order chi connectivity index (χ0) is 14.7. The van der Waals surface area contributed by atoms with Crippen LogP contribution in [0, 0.1) is 33.1 Å². The molecule has 7 heteroatoms. The van der Waals surface area contributed by atoms with Gasteiger partial charge in [0.2, 0.25) is 0 Å². The lowest BCUT2D eigenvalue weighted by atomic mass is 10.2. The van der Waals surface area contributed by atoms with Gasteiger partial charge in [-0.05, 0) is 12.1 Å². The summed E-state index contributed by atoms with van der Waals surface area (Å²) in [4.78, 5) is 10.0. The normalized spacial score (nSPS) is 9.85. The van der Waals surface area contributed by atoms with E-state index >= 15 is 0 Å². The molecule has 0 aliphatic heterocycles. The van der Waals surface area contributed by atoms with E-state index in [0.717, 1.165) is 18.2 Å². The Morgan fingerprint density at radius 1 is 1.10 bits per heavy atom. The Morgan fingerprint density at radius 3 is 2.30 bits per heavy atom. The highest BCUT2D eigenvalue weighted by atomic mass is 19.1. The molecule has 0 N–H and O–H groups in total. The molecule has 0 unspecified atom stereocenters. The highest BCUT2D eigenvalue weighted by Crippen LogP contribution is 2.28. The third-order valence-corrected chi connectivity index (χ3v) is 2.36. The van der Waals surface area contributed by atoms with E-state index in [9.17, 15) is 18.9 Å². The maximum absolute atomic E-state index is 13.0. The van der Waals surface area contributed by atoms with Gasteiger partial charge in [-0.2, -0.15) is 5.26 Å². The van der Waals surface area contributed by atoms with E-state index < -0.39 is 22.2 Å². The topological polar surface area (TPSA) is 76.2 Å². The van der Waals surface area contributed by atoms with Crippen molar-refractivity contribution in [2.24, 2.45) is 0 Å². The molecule has 0 aliphatic rings. The van der Waals surface area contributed by atoms with Crippen molar-refractivity contribution in [3.8, 4) is 17.6 Å². The van der Waals surface area contributed by atoms with E-state index in [1.807, 2.05) is 0 Å². The standard InChI is InChI=1S/C13H6F2N2O3/c14-9-3-10(15)5-12(4-9)20-11-2-1-8(7-16)13(6-11)17(18)19/h1-6H. The Kier molecular flexibility index (Phi) is 3.57. The molecule has 0 aliphatic carbocycles. The summed E-state index contributed by atoms with van der Waals surface area (Å²) >= 11 is 0. The molecule has 0 bridgehead atoms. The van der Waals surface area contributed by atoms with Gasteiger partial charge in [-0.1, -0.05) is 0 Å². The molecule has 0 heterocycles. The fourth-order valence-corrected chi connectivity index (χ4v) is 1.54. The molecular weight excluding hydrogens is 270 g/mol. The molecule has 2 rings (SSSR count). The lowest BCUT2D eigenvalue weighted by Gasteiger charge is -2.06. The number of benzene rings is 2. The van der Waals surface area contributed by atoms with E-state index in [4.69, 9.17) is 10.00 Å². The molecule has 0 fully saturated rings. The first-order valence-corrected chi connectivity index (χ1v) is 5.32. The minimum Gasteiger partial charge on any atom is -0.457 e. The number of nitro groups is 1. The van der Waals surface area contributed by atoms with Crippen LogP contribution in [0.25, 0.3) is 0 Å². The van der Waals surface area contributed by atoms with E-state index in [-0.39, 0.29) is 17.1 Å². The molecule has 20 heavy (non-hydrogen) atoms. The Hall–Kier alpha value is -3.01. The largest absolute Gasteiger partial charge is 0.457 e. The van der Waals surface area contributed by atoms with E-state index in [1.54, 1.807) is 6.07 Å². The van der Waals surface area contributed by atoms with Gasteiger partial charge in [-0.15, -0.1) is 0 Å². The maximum atomic E-state index is 13.0. The molecule has 5 nitrogen and oxygen atoms in total. The number of ether oxygens (including phenoxy) is 1. The second-order valence-electron chi connectivity index (χ2n) is 3.76. The van der Waals surface area contributed by atoms with E-state index in [1.165, 1.54) is 12.1 Å². The van der Waals surface area contributed by atoms with E-state index in [0.29, 0.717) is 6.07 Å². The quantitative estimate of drug-likeness (QED) is 0.634. The van der Waals surface area contributed by atoms with Gasteiger partial charge in [-0.25, -0.2) is 8.78 Å². The van der Waals surface area contributed by atoms with Gasteiger partial charge < -0.3 is 4.74 Å². The van der Waals surface area contributed by atoms with Gasteiger partial charge in [-0.3, -0.25) is 10.1 Å². The van der Waals surface area contributed by atoms with Gasteiger partial charge in [0, 0.05) is 18.2 Å². The molecular formula is C13H6F2N2O3. The summed E-state index contributed by atoms with van der Waals surface area (Å²) < 4.78 is 31.1. The molecule has 0 saturated heterocycles. The number of hydrogen-bond acceptors (Lipinski definition) is 4. The number of hydrogen-bond donors (Lipinski definition) is 0. The summed E-state index contributed by atoms with van der Waals surface area (Å²) in [5.41, 5.74) is -0.574. The summed E-state index contributed by atoms with van der Waals surface area (Å²) in [5.74, 6) is -1.80. The molecule has 0 saturated carbocycles. The summed E-state index contributed by atoms with van der Waals surface area (Å²) in [7, 11) is 0. The number of nitriles is 1. The molecule has 100 valence electrons. The van der Waals surface area contributed by atoms with Gasteiger partial charge >= 0.3 is 0 Å². The van der Waals surface area contributed by atoms with Crippen molar-refractivity contribution in [2.75, 3.05) is 0 Å². The van der Waals surface area contributed by atoms with Crippen LogP contribution < -0.4 is 4.74 Å². The van der Waals surface area contributed by atoms with Crippen molar-refractivity contribution in [1.82, 2.24) is 0 Å². The Morgan fingerprint density at radius 2 is 1.75 bits per heavy atom. The summed E-state index contributed by atoms with van der Waals surface area (Å²) in [6.07, 6.45) is 0. The first-order chi connectivity index (χ1) is 9.49. The van der Waals surface area contributed by atoms with Crippen molar-refractivity contribution in [2.45, 2.75) is 0 Å².